The second-order valence-electron chi connectivity index (χ2n) is 2.61. The lowest BCUT2D eigenvalue weighted by atomic mass is 10.6. The average molecular weight is 220 g/mol. The van der Waals surface area contributed by atoms with Crippen molar-refractivity contribution >= 4 is 11.6 Å². The van der Waals surface area contributed by atoms with Crippen molar-refractivity contribution in [1.29, 1.82) is 0 Å². The molecule has 0 aliphatic rings. The molecule has 0 radical (unpaired) electrons. The molecule has 1 aromatic rings. The van der Waals surface area contributed by atoms with Crippen molar-refractivity contribution in [3.8, 4) is 6.01 Å². The lowest BCUT2D eigenvalue weighted by Gasteiger charge is -2.07. The van der Waals surface area contributed by atoms with E-state index in [2.05, 4.69) is 10.2 Å². The van der Waals surface area contributed by atoms with Gasteiger partial charge >= 0.3 is 6.01 Å². The van der Waals surface area contributed by atoms with E-state index < -0.39 is 0 Å². The maximum atomic E-state index is 5.70. The zero-order valence-corrected chi connectivity index (χ0v) is 9.12. The van der Waals surface area contributed by atoms with Crippen molar-refractivity contribution in [2.45, 2.75) is 19.3 Å². The van der Waals surface area contributed by atoms with Crippen molar-refractivity contribution in [3.05, 3.63) is 5.82 Å². The number of ether oxygens (including phenoxy) is 2. The molecule has 80 valence electrons. The largest absolute Gasteiger partial charge is 0.464 e. The molecule has 1 rings (SSSR count). The Bertz CT molecular complexity index is 278. The first-order valence-electron chi connectivity index (χ1n) is 4.43. The van der Waals surface area contributed by atoms with Crippen LogP contribution in [0.4, 0.5) is 0 Å². The fraction of sp³-hybridized carbons (Fsp3) is 0.750. The molecule has 1 heterocycles. The minimum Gasteiger partial charge on any atom is -0.464 e. The number of aromatic nitrogens is 3. The van der Waals surface area contributed by atoms with Crippen molar-refractivity contribution < 1.29 is 9.47 Å². The van der Waals surface area contributed by atoms with Crippen molar-refractivity contribution in [3.63, 3.8) is 0 Å². The Labute approximate surface area is 88.0 Å². The van der Waals surface area contributed by atoms with Gasteiger partial charge in [-0.05, 0) is 6.92 Å². The Balaban J connectivity index is 2.76. The molecule has 0 aliphatic heterocycles. The standard InChI is InChI=1S/C8H14ClN3O2/c1-3-14-8-11-10-7(6-9)12(8)4-5-13-2/h3-6H2,1-2H3. The second-order valence-corrected chi connectivity index (χ2v) is 2.88. The van der Waals surface area contributed by atoms with E-state index in [1.807, 2.05) is 11.5 Å². The van der Waals surface area contributed by atoms with Crippen LogP contribution in [0.2, 0.25) is 0 Å². The molecule has 6 heteroatoms. The van der Waals surface area contributed by atoms with Gasteiger partial charge in [0, 0.05) is 7.11 Å². The monoisotopic (exact) mass is 219 g/mol. The van der Waals surface area contributed by atoms with Crippen molar-refractivity contribution in [2.24, 2.45) is 0 Å². The predicted molar refractivity (Wildman–Crippen MR) is 52.6 cm³/mol. The van der Waals surface area contributed by atoms with E-state index in [0.717, 1.165) is 0 Å². The molecule has 0 saturated carbocycles. The summed E-state index contributed by atoms with van der Waals surface area (Å²) in [5, 5.41) is 7.79. The van der Waals surface area contributed by atoms with Gasteiger partial charge in [0.1, 0.15) is 0 Å². The molecule has 0 atom stereocenters. The Morgan fingerprint density at radius 1 is 1.43 bits per heavy atom. The fourth-order valence-corrected chi connectivity index (χ4v) is 1.26. The lowest BCUT2D eigenvalue weighted by molar-refractivity contribution is 0.180. The third kappa shape index (κ3) is 2.59. The first-order chi connectivity index (χ1) is 6.83. The minimum atomic E-state index is 0.323. The minimum absolute atomic E-state index is 0.323. The van der Waals surface area contributed by atoms with Gasteiger partial charge in [-0.15, -0.1) is 16.7 Å². The molecule has 0 unspecified atom stereocenters. The molecular formula is C8H14ClN3O2. The highest BCUT2D eigenvalue weighted by Crippen LogP contribution is 2.11. The summed E-state index contributed by atoms with van der Waals surface area (Å²) >= 11 is 5.70. The molecule has 1 aromatic heterocycles. The third-order valence-electron chi connectivity index (χ3n) is 1.71. The SMILES string of the molecule is CCOc1nnc(CCl)n1CCOC. The normalized spacial score (nSPS) is 10.5. The van der Waals surface area contributed by atoms with Crippen LogP contribution in [0.25, 0.3) is 0 Å². The number of hydrogen-bond acceptors (Lipinski definition) is 4. The summed E-state index contributed by atoms with van der Waals surface area (Å²) in [4.78, 5) is 0. The summed E-state index contributed by atoms with van der Waals surface area (Å²) < 4.78 is 12.1. The summed E-state index contributed by atoms with van der Waals surface area (Å²) in [6.45, 7) is 3.70. The summed E-state index contributed by atoms with van der Waals surface area (Å²) in [7, 11) is 1.64. The third-order valence-corrected chi connectivity index (χ3v) is 1.94. The summed E-state index contributed by atoms with van der Waals surface area (Å²) in [6.07, 6.45) is 0. The van der Waals surface area contributed by atoms with E-state index in [1.165, 1.54) is 0 Å². The average Bonchev–Trinajstić information content (AvgIpc) is 2.58. The van der Waals surface area contributed by atoms with Crippen molar-refractivity contribution in [1.82, 2.24) is 14.8 Å². The Morgan fingerprint density at radius 2 is 2.21 bits per heavy atom. The van der Waals surface area contributed by atoms with Crippen LogP contribution in [0, 0.1) is 0 Å². The summed E-state index contributed by atoms with van der Waals surface area (Å²) in [5.41, 5.74) is 0. The predicted octanol–water partition coefficient (Wildman–Crippen LogP) is 1.06. The van der Waals surface area contributed by atoms with E-state index in [1.54, 1.807) is 7.11 Å². The van der Waals surface area contributed by atoms with Gasteiger partial charge < -0.3 is 9.47 Å². The molecule has 0 fully saturated rings. The van der Waals surface area contributed by atoms with Gasteiger partial charge in [0.05, 0.1) is 25.6 Å². The van der Waals surface area contributed by atoms with Crippen LogP contribution < -0.4 is 4.74 Å². The van der Waals surface area contributed by atoms with Crippen LogP contribution in [0.5, 0.6) is 6.01 Å². The molecule has 0 amide bonds. The first-order valence-corrected chi connectivity index (χ1v) is 4.96. The van der Waals surface area contributed by atoms with Gasteiger partial charge in [-0.1, -0.05) is 5.10 Å². The quantitative estimate of drug-likeness (QED) is 0.672. The van der Waals surface area contributed by atoms with Crippen LogP contribution in [0.1, 0.15) is 12.7 Å². The number of methoxy groups -OCH3 is 1. The lowest BCUT2D eigenvalue weighted by Crippen LogP contribution is -2.10. The summed E-state index contributed by atoms with van der Waals surface area (Å²) in [5.74, 6) is 1.02. The highest BCUT2D eigenvalue weighted by atomic mass is 35.5. The number of hydrogen-bond donors (Lipinski definition) is 0. The van der Waals surface area contributed by atoms with Crippen LogP contribution in [-0.4, -0.2) is 35.1 Å². The number of rotatable bonds is 6. The van der Waals surface area contributed by atoms with E-state index in [-0.39, 0.29) is 0 Å². The van der Waals surface area contributed by atoms with Gasteiger partial charge in [0.25, 0.3) is 0 Å². The van der Waals surface area contributed by atoms with E-state index >= 15 is 0 Å². The summed E-state index contributed by atoms with van der Waals surface area (Å²) in [6, 6.07) is 0.500. The number of nitrogens with zero attached hydrogens (tertiary/aromatic N) is 3. The molecule has 0 aromatic carbocycles. The molecule has 5 nitrogen and oxygen atoms in total. The second kappa shape index (κ2) is 5.82. The highest BCUT2D eigenvalue weighted by Gasteiger charge is 2.11. The van der Waals surface area contributed by atoms with E-state index in [9.17, 15) is 0 Å². The fourth-order valence-electron chi connectivity index (χ4n) is 1.06. The van der Waals surface area contributed by atoms with Gasteiger partial charge in [-0.2, -0.15) is 0 Å². The maximum absolute atomic E-state index is 5.70. The molecular weight excluding hydrogens is 206 g/mol. The first kappa shape index (κ1) is 11.3. The van der Waals surface area contributed by atoms with Crippen LogP contribution in [-0.2, 0) is 17.2 Å². The van der Waals surface area contributed by atoms with Crippen LogP contribution in [0.15, 0.2) is 0 Å². The molecule has 0 spiro atoms. The van der Waals surface area contributed by atoms with Crippen LogP contribution >= 0.6 is 11.6 Å². The smallest absolute Gasteiger partial charge is 0.317 e. The molecule has 0 N–H and O–H groups in total. The Kier molecular flexibility index (Phi) is 4.69. The van der Waals surface area contributed by atoms with E-state index in [0.29, 0.717) is 37.5 Å². The number of alkyl halides is 1. The maximum Gasteiger partial charge on any atom is 0.317 e. The molecule has 14 heavy (non-hydrogen) atoms. The van der Waals surface area contributed by atoms with Gasteiger partial charge in [-0.25, -0.2) is 0 Å². The Hall–Kier alpha value is -0.810. The number of halogens is 1. The zero-order chi connectivity index (χ0) is 10.4. The molecule has 0 aliphatic carbocycles. The van der Waals surface area contributed by atoms with Crippen LogP contribution in [0.3, 0.4) is 0 Å². The van der Waals surface area contributed by atoms with Gasteiger partial charge in [-0.3, -0.25) is 4.57 Å². The van der Waals surface area contributed by atoms with Gasteiger partial charge in [0.15, 0.2) is 5.82 Å². The highest BCUT2D eigenvalue weighted by molar-refractivity contribution is 6.16. The zero-order valence-electron chi connectivity index (χ0n) is 8.36. The van der Waals surface area contributed by atoms with Gasteiger partial charge in [0.2, 0.25) is 0 Å². The van der Waals surface area contributed by atoms with Crippen molar-refractivity contribution in [2.75, 3.05) is 20.3 Å². The molecule has 0 bridgehead atoms. The molecule has 0 saturated heterocycles. The van der Waals surface area contributed by atoms with E-state index in [4.69, 9.17) is 21.1 Å². The Morgan fingerprint density at radius 3 is 2.79 bits per heavy atom. The topological polar surface area (TPSA) is 49.2 Å².